The zero-order valence-electron chi connectivity index (χ0n) is 42.6. The Morgan fingerprint density at radius 2 is 0.800 bits per heavy atom. The van der Waals surface area contributed by atoms with Crippen LogP contribution in [0.4, 0.5) is 0 Å². The number of esters is 1. The highest BCUT2D eigenvalue weighted by Gasteiger charge is 2.27. The van der Waals surface area contributed by atoms with Gasteiger partial charge in [-0.3, -0.25) is 18.6 Å². The van der Waals surface area contributed by atoms with Crippen LogP contribution in [0.2, 0.25) is 0 Å². The maximum absolute atomic E-state index is 12.7. The molecule has 0 heterocycles. The van der Waals surface area contributed by atoms with Gasteiger partial charge < -0.3 is 25.2 Å². The van der Waals surface area contributed by atoms with Crippen molar-refractivity contribution >= 4 is 19.8 Å². The van der Waals surface area contributed by atoms with Crippen molar-refractivity contribution in [1.82, 2.24) is 0 Å². The summed E-state index contributed by atoms with van der Waals surface area (Å²) >= 11 is 0. The molecule has 0 aromatic carbocycles. The average molecular weight is 944 g/mol. The molecule has 10 nitrogen and oxygen atoms in total. The van der Waals surface area contributed by atoms with Gasteiger partial charge in [0.1, 0.15) is 12.1 Å². The fourth-order valence-corrected chi connectivity index (χ4v) is 9.03. The van der Waals surface area contributed by atoms with Crippen molar-refractivity contribution < 1.29 is 42.7 Å². The second-order valence-electron chi connectivity index (χ2n) is 19.1. The van der Waals surface area contributed by atoms with E-state index < -0.39 is 45.1 Å². The summed E-state index contributed by atoms with van der Waals surface area (Å²) in [6, 6.07) is -1.47. The summed E-state index contributed by atoms with van der Waals surface area (Å²) in [6.45, 7) is 3.95. The minimum atomic E-state index is -4.62. The Hall–Kier alpha value is -1.29. The highest BCUT2D eigenvalue weighted by molar-refractivity contribution is 7.47. The summed E-state index contributed by atoms with van der Waals surface area (Å²) in [5.41, 5.74) is 5.38. The molecule has 0 aromatic rings. The Labute approximate surface area is 401 Å². The Morgan fingerprint density at radius 1 is 0.477 bits per heavy atom. The summed E-state index contributed by atoms with van der Waals surface area (Å²) in [7, 11) is -4.62. The van der Waals surface area contributed by atoms with Gasteiger partial charge in [-0.1, -0.05) is 251 Å². The lowest BCUT2D eigenvalue weighted by atomic mass is 10.0. The fraction of sp³-hybridized carbons (Fsp3) is 0.926. The third-order valence-electron chi connectivity index (χ3n) is 12.5. The van der Waals surface area contributed by atoms with Crippen molar-refractivity contribution in [1.29, 1.82) is 0 Å². The Kier molecular flexibility index (Phi) is 49.6. The van der Waals surface area contributed by atoms with E-state index >= 15 is 0 Å². The van der Waals surface area contributed by atoms with E-state index in [0.717, 1.165) is 38.5 Å². The summed E-state index contributed by atoms with van der Waals surface area (Å²) < 4.78 is 33.6. The molecular formula is C54H106NO9P. The zero-order valence-corrected chi connectivity index (χ0v) is 43.5. The lowest BCUT2D eigenvalue weighted by Gasteiger charge is -2.20. The molecule has 4 N–H and O–H groups in total. The Bertz CT molecular complexity index is 1090. The summed E-state index contributed by atoms with van der Waals surface area (Å²) in [5, 5.41) is 8.94. The number of unbranched alkanes of at least 4 members (excludes halogenated alkanes) is 38. The first-order valence-corrected chi connectivity index (χ1v) is 29.2. The quantitative estimate of drug-likeness (QED) is 0.0232. The van der Waals surface area contributed by atoms with Gasteiger partial charge >= 0.3 is 19.8 Å². The van der Waals surface area contributed by atoms with E-state index in [4.69, 9.17) is 29.4 Å². The molecule has 0 aromatic heterocycles. The lowest BCUT2D eigenvalue weighted by molar-refractivity contribution is -0.154. The molecule has 11 heteroatoms. The number of allylic oxidation sites excluding steroid dienone is 2. The van der Waals surface area contributed by atoms with Crippen molar-refractivity contribution in [3.63, 3.8) is 0 Å². The monoisotopic (exact) mass is 944 g/mol. The molecule has 0 amide bonds. The van der Waals surface area contributed by atoms with E-state index in [0.29, 0.717) is 6.61 Å². The molecule has 0 aliphatic heterocycles. The van der Waals surface area contributed by atoms with Crippen LogP contribution >= 0.6 is 7.82 Å². The number of hydrogen-bond acceptors (Lipinski definition) is 8. The zero-order chi connectivity index (χ0) is 47.6. The van der Waals surface area contributed by atoms with Crippen LogP contribution in [-0.2, 0) is 32.7 Å². The number of nitrogens with two attached hydrogens (primary N) is 1. The second-order valence-corrected chi connectivity index (χ2v) is 20.5. The third kappa shape index (κ3) is 50.4. The van der Waals surface area contributed by atoms with E-state index in [1.165, 1.54) is 225 Å². The smallest absolute Gasteiger partial charge is 0.472 e. The van der Waals surface area contributed by atoms with Gasteiger partial charge in [0.2, 0.25) is 0 Å². The van der Waals surface area contributed by atoms with E-state index in [2.05, 4.69) is 26.0 Å². The Morgan fingerprint density at radius 3 is 1.17 bits per heavy atom. The first-order chi connectivity index (χ1) is 31.7. The molecule has 0 spiro atoms. The number of carboxylic acids is 1. The SMILES string of the molecule is CCCCCCCCCC/C=C\CCCCCCCCCCCCCCOCC(COP(=O)(O)OCC(N)C(=O)O)OC(=O)CCCCCCCCCCCCCCCCCCCCC. The molecule has 0 rings (SSSR count). The summed E-state index contributed by atoms with van der Waals surface area (Å²) in [6.07, 6.45) is 57.1. The minimum Gasteiger partial charge on any atom is -0.480 e. The maximum atomic E-state index is 12.7. The number of hydrogen-bond donors (Lipinski definition) is 3. The first kappa shape index (κ1) is 63.7. The number of carboxylic acid groups (broad SMARTS) is 1. The van der Waals surface area contributed by atoms with E-state index in [1.54, 1.807) is 0 Å². The predicted octanol–water partition coefficient (Wildman–Crippen LogP) is 16.4. The van der Waals surface area contributed by atoms with Crippen molar-refractivity contribution in [3.8, 4) is 0 Å². The van der Waals surface area contributed by atoms with Gasteiger partial charge in [-0.25, -0.2) is 4.57 Å². The maximum Gasteiger partial charge on any atom is 0.472 e. The van der Waals surface area contributed by atoms with Crippen LogP contribution in [0, 0.1) is 0 Å². The molecule has 3 atom stereocenters. The highest BCUT2D eigenvalue weighted by Crippen LogP contribution is 2.43. The number of carbonyl (C=O) groups is 2. The van der Waals surface area contributed by atoms with Crippen LogP contribution in [0.3, 0.4) is 0 Å². The van der Waals surface area contributed by atoms with Crippen LogP contribution in [0.25, 0.3) is 0 Å². The molecule has 0 saturated carbocycles. The van der Waals surface area contributed by atoms with Crippen LogP contribution in [0.15, 0.2) is 12.2 Å². The van der Waals surface area contributed by atoms with E-state index in [-0.39, 0.29) is 13.0 Å². The van der Waals surface area contributed by atoms with Crippen LogP contribution in [-0.4, -0.2) is 60.5 Å². The molecular weight excluding hydrogens is 838 g/mol. The number of phosphoric acid groups is 1. The van der Waals surface area contributed by atoms with Gasteiger partial charge in [0.15, 0.2) is 0 Å². The lowest BCUT2D eigenvalue weighted by Crippen LogP contribution is -2.34. The van der Waals surface area contributed by atoms with Crippen LogP contribution in [0.5, 0.6) is 0 Å². The standard InChI is InChI=1S/C54H106NO9P/c1-3-5-7-9-11-13-15-17-19-21-23-24-25-26-27-29-31-33-35-37-39-41-43-45-47-61-48-51(49-62-65(59,60)63-50-52(55)54(57)58)64-53(56)46-44-42-40-38-36-34-32-30-28-22-20-18-16-14-12-10-8-6-4-2/h21,23,51-52H,3-20,22,24-50,55H2,1-2H3,(H,57,58)(H,59,60)/b23-21-. The van der Waals surface area contributed by atoms with Crippen LogP contribution < -0.4 is 5.73 Å². The third-order valence-corrected chi connectivity index (χ3v) is 13.5. The number of aliphatic carboxylic acids is 1. The highest BCUT2D eigenvalue weighted by atomic mass is 31.2. The van der Waals surface area contributed by atoms with E-state index in [9.17, 15) is 19.0 Å². The molecule has 0 aliphatic rings. The molecule has 0 bridgehead atoms. The first-order valence-electron chi connectivity index (χ1n) is 27.7. The van der Waals surface area contributed by atoms with Gasteiger partial charge in [-0.05, 0) is 38.5 Å². The van der Waals surface area contributed by atoms with Crippen molar-refractivity contribution in [2.75, 3.05) is 26.4 Å². The van der Waals surface area contributed by atoms with Gasteiger partial charge in [-0.15, -0.1) is 0 Å². The normalized spacial score (nSPS) is 13.7. The van der Waals surface area contributed by atoms with Gasteiger partial charge in [0, 0.05) is 13.0 Å². The molecule has 386 valence electrons. The molecule has 3 unspecified atom stereocenters. The molecule has 0 fully saturated rings. The largest absolute Gasteiger partial charge is 0.480 e. The Balaban J connectivity index is 4.04. The van der Waals surface area contributed by atoms with Gasteiger partial charge in [0.25, 0.3) is 0 Å². The molecule has 0 aliphatic carbocycles. The summed E-state index contributed by atoms with van der Waals surface area (Å²) in [4.78, 5) is 33.7. The number of carbonyl (C=O) groups excluding carboxylic acids is 1. The van der Waals surface area contributed by atoms with Crippen molar-refractivity contribution in [2.24, 2.45) is 5.73 Å². The second kappa shape index (κ2) is 50.6. The van der Waals surface area contributed by atoms with Crippen molar-refractivity contribution in [2.45, 2.75) is 296 Å². The fourth-order valence-electron chi connectivity index (χ4n) is 8.25. The molecule has 65 heavy (non-hydrogen) atoms. The topological polar surface area (TPSA) is 155 Å². The minimum absolute atomic E-state index is 0.0234. The van der Waals surface area contributed by atoms with Crippen molar-refractivity contribution in [3.05, 3.63) is 12.2 Å². The van der Waals surface area contributed by atoms with Gasteiger partial charge in [0.05, 0.1) is 19.8 Å². The van der Waals surface area contributed by atoms with E-state index in [1.807, 2.05) is 0 Å². The number of phosphoric ester groups is 1. The number of ether oxygens (including phenoxy) is 2. The number of rotatable bonds is 54. The predicted molar refractivity (Wildman–Crippen MR) is 272 cm³/mol. The summed E-state index contributed by atoms with van der Waals surface area (Å²) in [5.74, 6) is -1.76. The molecule has 0 saturated heterocycles. The molecule has 0 radical (unpaired) electrons. The van der Waals surface area contributed by atoms with Crippen LogP contribution in [0.1, 0.15) is 284 Å². The average Bonchev–Trinajstić information content (AvgIpc) is 3.29. The van der Waals surface area contributed by atoms with Gasteiger partial charge in [-0.2, -0.15) is 0 Å².